The molecule has 0 saturated heterocycles. The highest BCUT2D eigenvalue weighted by Crippen LogP contribution is 2.28. The third kappa shape index (κ3) is 5.88. The molecule has 0 aliphatic rings. The Hall–Kier alpha value is -3.43. The molecule has 1 amide bonds. The molecule has 1 aromatic heterocycles. The molecule has 0 fully saturated rings. The summed E-state index contributed by atoms with van der Waals surface area (Å²) in [5.41, 5.74) is 5.21. The van der Waals surface area contributed by atoms with Crippen LogP contribution in [-0.4, -0.2) is 39.7 Å². The van der Waals surface area contributed by atoms with Crippen LogP contribution in [0.1, 0.15) is 5.56 Å². The lowest BCUT2D eigenvalue weighted by molar-refractivity contribution is -0.118. The SMILES string of the molecule is COc1cccc(/C=N\NC(=O)CSc2nnc(-c3ccccc3)n2-c2ccc(Br)cc2)c1. The smallest absolute Gasteiger partial charge is 0.250 e. The number of ether oxygens (including phenoxy) is 1. The van der Waals surface area contributed by atoms with E-state index >= 15 is 0 Å². The number of methoxy groups -OCH3 is 1. The van der Waals surface area contributed by atoms with Crippen LogP contribution in [0, 0.1) is 0 Å². The zero-order valence-corrected chi connectivity index (χ0v) is 20.1. The van der Waals surface area contributed by atoms with Crippen molar-refractivity contribution in [2.45, 2.75) is 5.16 Å². The van der Waals surface area contributed by atoms with Crippen molar-refractivity contribution in [2.75, 3.05) is 12.9 Å². The number of benzene rings is 3. The van der Waals surface area contributed by atoms with Crippen molar-refractivity contribution >= 4 is 39.8 Å². The van der Waals surface area contributed by atoms with E-state index in [2.05, 4.69) is 36.7 Å². The molecule has 0 bridgehead atoms. The number of halogens is 1. The minimum atomic E-state index is -0.245. The van der Waals surface area contributed by atoms with E-state index in [1.165, 1.54) is 11.8 Å². The maximum absolute atomic E-state index is 12.4. The van der Waals surface area contributed by atoms with Crippen molar-refractivity contribution in [3.05, 3.63) is 88.9 Å². The predicted molar refractivity (Wildman–Crippen MR) is 134 cm³/mol. The monoisotopic (exact) mass is 521 g/mol. The molecule has 0 unspecified atom stereocenters. The quantitative estimate of drug-likeness (QED) is 0.201. The second kappa shape index (κ2) is 10.9. The number of hydrazone groups is 1. The first-order chi connectivity index (χ1) is 16.1. The van der Waals surface area contributed by atoms with Crippen LogP contribution in [-0.2, 0) is 4.79 Å². The molecular formula is C24H20BrN5O2S. The molecule has 1 heterocycles. The minimum Gasteiger partial charge on any atom is -0.497 e. The Morgan fingerprint density at radius 1 is 1.09 bits per heavy atom. The summed E-state index contributed by atoms with van der Waals surface area (Å²) in [4.78, 5) is 12.4. The zero-order chi connectivity index (χ0) is 23.0. The van der Waals surface area contributed by atoms with E-state index in [1.54, 1.807) is 13.3 Å². The molecule has 7 nitrogen and oxygen atoms in total. The summed E-state index contributed by atoms with van der Waals surface area (Å²) in [7, 11) is 1.60. The van der Waals surface area contributed by atoms with Gasteiger partial charge in [0.05, 0.1) is 19.1 Å². The van der Waals surface area contributed by atoms with Gasteiger partial charge in [-0.2, -0.15) is 5.10 Å². The van der Waals surface area contributed by atoms with Crippen LogP contribution in [0.5, 0.6) is 5.75 Å². The fourth-order valence-electron chi connectivity index (χ4n) is 3.02. The minimum absolute atomic E-state index is 0.138. The van der Waals surface area contributed by atoms with Gasteiger partial charge < -0.3 is 4.74 Å². The van der Waals surface area contributed by atoms with Gasteiger partial charge in [0.2, 0.25) is 0 Å². The van der Waals surface area contributed by atoms with Crippen molar-refractivity contribution in [1.82, 2.24) is 20.2 Å². The molecule has 0 spiro atoms. The molecule has 4 rings (SSSR count). The summed E-state index contributed by atoms with van der Waals surface area (Å²) in [6, 6.07) is 25.1. The van der Waals surface area contributed by atoms with Gasteiger partial charge in [-0.3, -0.25) is 9.36 Å². The summed E-state index contributed by atoms with van der Waals surface area (Å²) < 4.78 is 8.11. The molecule has 0 atom stereocenters. The number of rotatable bonds is 8. The largest absolute Gasteiger partial charge is 0.497 e. The van der Waals surface area contributed by atoms with E-state index in [0.29, 0.717) is 11.0 Å². The van der Waals surface area contributed by atoms with E-state index < -0.39 is 0 Å². The molecule has 4 aromatic rings. The molecule has 0 aliphatic carbocycles. The second-order valence-electron chi connectivity index (χ2n) is 6.84. The van der Waals surface area contributed by atoms with Crippen LogP contribution in [0.25, 0.3) is 17.1 Å². The topological polar surface area (TPSA) is 81.4 Å². The van der Waals surface area contributed by atoms with E-state index in [4.69, 9.17) is 4.74 Å². The van der Waals surface area contributed by atoms with Gasteiger partial charge in [0.1, 0.15) is 5.75 Å². The fourth-order valence-corrected chi connectivity index (χ4v) is 4.03. The number of nitrogens with one attached hydrogen (secondary N) is 1. The summed E-state index contributed by atoms with van der Waals surface area (Å²) >= 11 is 4.76. The first-order valence-corrected chi connectivity index (χ1v) is 11.8. The molecule has 166 valence electrons. The summed E-state index contributed by atoms with van der Waals surface area (Å²) in [5, 5.41) is 13.4. The molecule has 0 radical (unpaired) electrons. The standard InChI is InChI=1S/C24H20BrN5O2S/c1-32-21-9-5-6-17(14-21)15-26-27-22(31)16-33-24-29-28-23(18-7-3-2-4-8-18)30(24)20-12-10-19(25)11-13-20/h2-15H,16H2,1H3,(H,27,31)/b26-15-. The number of carbonyl (C=O) groups excluding carboxylic acids is 1. The predicted octanol–water partition coefficient (Wildman–Crippen LogP) is 4.95. The van der Waals surface area contributed by atoms with Crippen molar-refractivity contribution in [3.63, 3.8) is 0 Å². The molecular weight excluding hydrogens is 502 g/mol. The maximum atomic E-state index is 12.4. The van der Waals surface area contributed by atoms with Crippen LogP contribution in [0.3, 0.4) is 0 Å². The Morgan fingerprint density at radius 3 is 2.64 bits per heavy atom. The van der Waals surface area contributed by atoms with Crippen LogP contribution in [0.15, 0.2) is 93.6 Å². The van der Waals surface area contributed by atoms with Crippen molar-refractivity contribution in [1.29, 1.82) is 0 Å². The number of hydrogen-bond acceptors (Lipinski definition) is 6. The molecule has 9 heteroatoms. The first-order valence-electron chi connectivity index (χ1n) is 9.99. The van der Waals surface area contributed by atoms with Crippen LogP contribution < -0.4 is 10.2 Å². The van der Waals surface area contributed by atoms with Crippen LogP contribution in [0.4, 0.5) is 0 Å². The first kappa shape index (κ1) is 22.8. The molecule has 33 heavy (non-hydrogen) atoms. The lowest BCUT2D eigenvalue weighted by Crippen LogP contribution is -2.20. The van der Waals surface area contributed by atoms with Gasteiger partial charge in [0.15, 0.2) is 11.0 Å². The van der Waals surface area contributed by atoms with Crippen LogP contribution >= 0.6 is 27.7 Å². The molecule has 0 saturated carbocycles. The number of aromatic nitrogens is 3. The third-order valence-corrected chi connectivity index (χ3v) is 6.04. The normalized spacial score (nSPS) is 11.0. The average Bonchev–Trinajstić information content (AvgIpc) is 3.28. The van der Waals surface area contributed by atoms with E-state index in [9.17, 15) is 4.79 Å². The molecule has 3 aromatic carbocycles. The van der Waals surface area contributed by atoms with Crippen molar-refractivity contribution < 1.29 is 9.53 Å². The third-order valence-electron chi connectivity index (χ3n) is 4.58. The number of carbonyl (C=O) groups is 1. The van der Waals surface area contributed by atoms with E-state index in [1.807, 2.05) is 83.4 Å². The summed E-state index contributed by atoms with van der Waals surface area (Å²) in [6.07, 6.45) is 1.57. The van der Waals surface area contributed by atoms with Gasteiger partial charge in [-0.15, -0.1) is 10.2 Å². The maximum Gasteiger partial charge on any atom is 0.250 e. The Balaban J connectivity index is 1.48. The van der Waals surface area contributed by atoms with E-state index in [0.717, 1.165) is 27.0 Å². The van der Waals surface area contributed by atoms with E-state index in [-0.39, 0.29) is 11.7 Å². The Bertz CT molecular complexity index is 1260. The highest BCUT2D eigenvalue weighted by atomic mass is 79.9. The van der Waals surface area contributed by atoms with Crippen LogP contribution in [0.2, 0.25) is 0 Å². The zero-order valence-electron chi connectivity index (χ0n) is 17.7. The summed E-state index contributed by atoms with van der Waals surface area (Å²) in [6.45, 7) is 0. The highest BCUT2D eigenvalue weighted by molar-refractivity contribution is 9.10. The lowest BCUT2D eigenvalue weighted by Gasteiger charge is -2.10. The van der Waals surface area contributed by atoms with Gasteiger partial charge in [-0.25, -0.2) is 5.43 Å². The number of amides is 1. The Labute approximate surface area is 204 Å². The van der Waals surface area contributed by atoms with Gasteiger partial charge >= 0.3 is 0 Å². The average molecular weight is 522 g/mol. The number of thioether (sulfide) groups is 1. The lowest BCUT2D eigenvalue weighted by atomic mass is 10.2. The van der Waals surface area contributed by atoms with Crippen molar-refractivity contribution in [2.24, 2.45) is 5.10 Å². The number of nitrogens with zero attached hydrogens (tertiary/aromatic N) is 4. The number of hydrogen-bond donors (Lipinski definition) is 1. The Morgan fingerprint density at radius 2 is 1.88 bits per heavy atom. The Kier molecular flexibility index (Phi) is 7.54. The van der Waals surface area contributed by atoms with Gasteiger partial charge in [-0.05, 0) is 42.0 Å². The molecule has 1 N–H and O–H groups in total. The molecule has 0 aliphatic heterocycles. The summed E-state index contributed by atoms with van der Waals surface area (Å²) in [5.74, 6) is 1.32. The fraction of sp³-hybridized carbons (Fsp3) is 0.0833. The highest BCUT2D eigenvalue weighted by Gasteiger charge is 2.17. The van der Waals surface area contributed by atoms with Gasteiger partial charge in [0.25, 0.3) is 5.91 Å². The van der Waals surface area contributed by atoms with Gasteiger partial charge in [0, 0.05) is 15.7 Å². The van der Waals surface area contributed by atoms with Gasteiger partial charge in [-0.1, -0.05) is 70.2 Å². The second-order valence-corrected chi connectivity index (χ2v) is 8.70. The van der Waals surface area contributed by atoms with Crippen molar-refractivity contribution in [3.8, 4) is 22.8 Å².